The van der Waals surface area contributed by atoms with E-state index in [1.165, 1.54) is 45.4 Å². The average molecular weight is 325 g/mol. The topological polar surface area (TPSA) is 86.6 Å². The fraction of sp³-hybridized carbons (Fsp3) is 0.875. The second-order valence-electron chi connectivity index (χ2n) is 5.70. The minimum atomic E-state index is -1.21. The van der Waals surface area contributed by atoms with Crippen LogP contribution < -0.4 is 5.32 Å². The van der Waals surface area contributed by atoms with Crippen LogP contribution in [0.2, 0.25) is 0 Å². The van der Waals surface area contributed by atoms with E-state index in [0.29, 0.717) is 6.42 Å². The van der Waals surface area contributed by atoms with Crippen LogP contribution in [0.15, 0.2) is 0 Å². The number of carboxylic acids is 1. The van der Waals surface area contributed by atoms with Gasteiger partial charge in [-0.15, -0.1) is 0 Å². The van der Waals surface area contributed by atoms with Crippen molar-refractivity contribution in [2.24, 2.45) is 0 Å². The van der Waals surface area contributed by atoms with Crippen LogP contribution in [0.4, 0.5) is 0 Å². The number of carboxylic acid groups (broad SMARTS) is 1. The Morgan fingerprint density at radius 1 is 0.955 bits per heavy atom. The molecule has 126 valence electrons. The summed E-state index contributed by atoms with van der Waals surface area (Å²) < 4.78 is 0. The molecule has 0 bridgehead atoms. The van der Waals surface area contributed by atoms with Gasteiger partial charge in [0.25, 0.3) is 0 Å². The summed E-state index contributed by atoms with van der Waals surface area (Å²) in [5.41, 5.74) is 0. The van der Waals surface area contributed by atoms with Crippen molar-refractivity contribution < 1.29 is 19.8 Å². The van der Waals surface area contributed by atoms with Crippen molar-refractivity contribution in [2.75, 3.05) is 0 Å². The maximum atomic E-state index is 11.6. The first kappa shape index (κ1) is 24.2. The molecule has 0 saturated carbocycles. The van der Waals surface area contributed by atoms with Crippen LogP contribution in [0, 0.1) is 0 Å². The second-order valence-corrected chi connectivity index (χ2v) is 5.70. The number of carbonyl (C=O) groups excluding carboxylic acids is 1. The Hall–Kier alpha value is -0.100. The van der Waals surface area contributed by atoms with E-state index < -0.39 is 18.1 Å². The zero-order valence-electron chi connectivity index (χ0n) is 13.4. The normalized spacial score (nSPS) is 13.0. The van der Waals surface area contributed by atoms with Crippen LogP contribution in [0.25, 0.3) is 0 Å². The molecular formula is C16H32NNaO4. The molecule has 3 N–H and O–H groups in total. The minimum absolute atomic E-state index is 0. The van der Waals surface area contributed by atoms with Gasteiger partial charge in [-0.3, -0.25) is 4.79 Å². The number of aliphatic carboxylic acids is 1. The van der Waals surface area contributed by atoms with Gasteiger partial charge < -0.3 is 15.5 Å². The summed E-state index contributed by atoms with van der Waals surface area (Å²) in [6.45, 7) is 3.56. The third-order valence-electron chi connectivity index (χ3n) is 3.57. The van der Waals surface area contributed by atoms with E-state index in [2.05, 4.69) is 12.2 Å². The molecule has 0 aromatic heterocycles. The van der Waals surface area contributed by atoms with Crippen molar-refractivity contribution in [3.63, 3.8) is 0 Å². The molecule has 0 aromatic rings. The van der Waals surface area contributed by atoms with Gasteiger partial charge in [-0.25, -0.2) is 4.79 Å². The van der Waals surface area contributed by atoms with Crippen LogP contribution in [0.1, 0.15) is 78.1 Å². The van der Waals surface area contributed by atoms with E-state index in [9.17, 15) is 14.7 Å². The Labute approximate surface area is 156 Å². The quantitative estimate of drug-likeness (QED) is 0.358. The molecule has 22 heavy (non-hydrogen) atoms. The Morgan fingerprint density at radius 2 is 1.41 bits per heavy atom. The Morgan fingerprint density at radius 3 is 1.82 bits per heavy atom. The van der Waals surface area contributed by atoms with Gasteiger partial charge in [0.1, 0.15) is 0 Å². The van der Waals surface area contributed by atoms with Crippen molar-refractivity contribution in [3.05, 3.63) is 0 Å². The molecule has 0 radical (unpaired) electrons. The Kier molecular flexibility index (Phi) is 17.3. The van der Waals surface area contributed by atoms with E-state index in [0.717, 1.165) is 19.3 Å². The van der Waals surface area contributed by atoms with Crippen LogP contribution >= 0.6 is 0 Å². The number of aliphatic hydroxyl groups is 1. The average Bonchev–Trinajstić information content (AvgIpc) is 2.42. The van der Waals surface area contributed by atoms with Gasteiger partial charge in [0, 0.05) is 6.42 Å². The number of hydrogen-bond donors (Lipinski definition) is 3. The Balaban J connectivity index is 0. The molecule has 5 nitrogen and oxygen atoms in total. The van der Waals surface area contributed by atoms with Crippen LogP contribution in [-0.4, -0.2) is 63.8 Å². The molecule has 0 rings (SSSR count). The number of carbonyl (C=O) groups is 2. The third-order valence-corrected chi connectivity index (χ3v) is 3.57. The molecule has 0 fully saturated rings. The summed E-state index contributed by atoms with van der Waals surface area (Å²) in [5.74, 6) is -1.50. The standard InChI is InChI=1S/C16H31NO4.Na.H/c1-3-4-5-6-7-8-9-10-11-12-14(19)17-15(13(2)18)16(20)21;;/h13,15,18H,3-12H2,1-2H3,(H,17,19)(H,20,21);;/t13-,15+;;/m1../s1. The summed E-state index contributed by atoms with van der Waals surface area (Å²) in [7, 11) is 0. The molecule has 0 aliphatic heterocycles. The monoisotopic (exact) mass is 325 g/mol. The van der Waals surface area contributed by atoms with E-state index in [4.69, 9.17) is 5.11 Å². The fourth-order valence-electron chi connectivity index (χ4n) is 2.23. The molecule has 0 saturated heterocycles. The van der Waals surface area contributed by atoms with Crippen LogP contribution in [-0.2, 0) is 9.59 Å². The summed E-state index contributed by atoms with van der Waals surface area (Å²) in [5, 5.41) is 20.5. The summed E-state index contributed by atoms with van der Waals surface area (Å²) >= 11 is 0. The molecular weight excluding hydrogens is 293 g/mol. The molecule has 0 aliphatic rings. The molecule has 0 spiro atoms. The first-order valence-electron chi connectivity index (χ1n) is 8.19. The number of aliphatic hydroxyl groups excluding tert-OH is 1. The fourth-order valence-corrected chi connectivity index (χ4v) is 2.23. The van der Waals surface area contributed by atoms with Crippen molar-refractivity contribution in [1.82, 2.24) is 5.32 Å². The van der Waals surface area contributed by atoms with Gasteiger partial charge in [0.15, 0.2) is 6.04 Å². The maximum absolute atomic E-state index is 11.6. The van der Waals surface area contributed by atoms with Gasteiger partial charge in [-0.2, -0.15) is 0 Å². The van der Waals surface area contributed by atoms with Gasteiger partial charge in [-0.1, -0.05) is 58.3 Å². The predicted octanol–water partition coefficient (Wildman–Crippen LogP) is 2.21. The van der Waals surface area contributed by atoms with Crippen molar-refractivity contribution in [1.29, 1.82) is 0 Å². The number of amides is 1. The van der Waals surface area contributed by atoms with Gasteiger partial charge >= 0.3 is 35.5 Å². The number of hydrogen-bond acceptors (Lipinski definition) is 3. The van der Waals surface area contributed by atoms with Gasteiger partial charge in [-0.05, 0) is 13.3 Å². The molecule has 6 heteroatoms. The van der Waals surface area contributed by atoms with E-state index in [1.54, 1.807) is 0 Å². The number of unbranched alkanes of at least 4 members (excludes halogenated alkanes) is 8. The molecule has 0 aliphatic carbocycles. The van der Waals surface area contributed by atoms with Crippen molar-refractivity contribution in [3.8, 4) is 0 Å². The molecule has 0 heterocycles. The van der Waals surface area contributed by atoms with Gasteiger partial charge in [0.2, 0.25) is 5.91 Å². The number of rotatable bonds is 13. The van der Waals surface area contributed by atoms with Crippen LogP contribution in [0.5, 0.6) is 0 Å². The molecule has 1 amide bonds. The van der Waals surface area contributed by atoms with Crippen LogP contribution in [0.3, 0.4) is 0 Å². The molecule has 0 aromatic carbocycles. The van der Waals surface area contributed by atoms with Crippen molar-refractivity contribution >= 4 is 41.4 Å². The predicted molar refractivity (Wildman–Crippen MR) is 90.2 cm³/mol. The zero-order valence-corrected chi connectivity index (χ0v) is 13.4. The summed E-state index contributed by atoms with van der Waals surface area (Å²) in [6, 6.07) is -1.21. The SMILES string of the molecule is CCCCCCCCCCCC(=O)N[C@H](C(=O)O)[C@@H](C)O.[NaH]. The van der Waals surface area contributed by atoms with E-state index >= 15 is 0 Å². The second kappa shape index (κ2) is 15.8. The first-order valence-corrected chi connectivity index (χ1v) is 8.19. The van der Waals surface area contributed by atoms with E-state index in [1.807, 2.05) is 0 Å². The van der Waals surface area contributed by atoms with Gasteiger partial charge in [0.05, 0.1) is 6.10 Å². The summed E-state index contributed by atoms with van der Waals surface area (Å²) in [6.07, 6.45) is 9.77. The molecule has 2 atom stereocenters. The zero-order chi connectivity index (χ0) is 16.1. The van der Waals surface area contributed by atoms with E-state index in [-0.39, 0.29) is 35.5 Å². The molecule has 0 unspecified atom stereocenters. The summed E-state index contributed by atoms with van der Waals surface area (Å²) in [4.78, 5) is 22.4. The third kappa shape index (κ3) is 13.6. The Bertz CT molecular complexity index is 298. The first-order chi connectivity index (χ1) is 9.99. The number of nitrogens with one attached hydrogen (secondary N) is 1. The van der Waals surface area contributed by atoms with Crippen molar-refractivity contribution in [2.45, 2.75) is 90.2 Å².